The zero-order chi connectivity index (χ0) is 32.7. The summed E-state index contributed by atoms with van der Waals surface area (Å²) >= 11 is 0. The lowest BCUT2D eigenvalue weighted by Crippen LogP contribution is -2.58. The van der Waals surface area contributed by atoms with Crippen LogP contribution in [0.1, 0.15) is 48.4 Å². The summed E-state index contributed by atoms with van der Waals surface area (Å²) in [6.45, 7) is 0.232. The summed E-state index contributed by atoms with van der Waals surface area (Å²) in [5, 5.41) is 8.30. The summed E-state index contributed by atoms with van der Waals surface area (Å²) in [6.07, 6.45) is 4.11. The SMILES string of the molecule is COCC1=C(C(=O)OC)C(c2ccc(F)c(F)c2)N(N(C=O)CCNC2CCC(c3ccccc3)(c3ccccc3)CC2)C(=O)N1. The highest BCUT2D eigenvalue weighted by atomic mass is 19.2. The fraction of sp³-hybridized carbons (Fsp3) is 0.343. The summed E-state index contributed by atoms with van der Waals surface area (Å²) in [5.74, 6) is -3.08. The molecule has 0 saturated heterocycles. The second-order valence-electron chi connectivity index (χ2n) is 11.5. The van der Waals surface area contributed by atoms with E-state index in [1.165, 1.54) is 31.4 Å². The average molecular weight is 633 g/mol. The molecule has 1 atom stereocenters. The smallest absolute Gasteiger partial charge is 0.341 e. The monoisotopic (exact) mass is 632 g/mol. The first-order chi connectivity index (χ1) is 22.3. The van der Waals surface area contributed by atoms with E-state index in [-0.39, 0.29) is 41.4 Å². The van der Waals surface area contributed by atoms with Crippen molar-refractivity contribution in [3.8, 4) is 0 Å². The Kier molecular flexibility index (Phi) is 10.4. The van der Waals surface area contributed by atoms with Crippen LogP contribution in [0.5, 0.6) is 0 Å². The molecule has 2 N–H and O–H groups in total. The summed E-state index contributed by atoms with van der Waals surface area (Å²) in [7, 11) is 2.55. The minimum atomic E-state index is -1.29. The molecule has 1 fully saturated rings. The maximum absolute atomic E-state index is 14.4. The summed E-state index contributed by atoms with van der Waals surface area (Å²) < 4.78 is 38.5. The van der Waals surface area contributed by atoms with Gasteiger partial charge in [0.1, 0.15) is 6.04 Å². The standard InChI is InChI=1S/C35H38F2N4O5/c1-45-22-30-31(33(43)46-2)32(24-13-14-28(36)29(37)21-24)41(34(44)39-30)40(23-42)20-19-38-27-15-17-35(18-16-27,25-9-5-3-6-10-25)26-11-7-4-8-12-26/h3-14,21,23,27,32,38H,15-20,22H2,1-2H3,(H,39,44). The minimum Gasteiger partial charge on any atom is -0.466 e. The first kappa shape index (κ1) is 32.8. The molecule has 1 heterocycles. The zero-order valence-electron chi connectivity index (χ0n) is 25.9. The molecule has 1 aliphatic carbocycles. The van der Waals surface area contributed by atoms with Crippen LogP contribution in [0.4, 0.5) is 13.6 Å². The Labute approximate surface area is 267 Å². The first-order valence-electron chi connectivity index (χ1n) is 15.2. The van der Waals surface area contributed by atoms with Gasteiger partial charge in [-0.1, -0.05) is 66.7 Å². The lowest BCUT2D eigenvalue weighted by atomic mass is 9.64. The number of ether oxygens (including phenoxy) is 2. The van der Waals surface area contributed by atoms with Gasteiger partial charge in [-0.15, -0.1) is 0 Å². The molecule has 0 radical (unpaired) electrons. The van der Waals surface area contributed by atoms with Crippen LogP contribution in [0.15, 0.2) is 90.1 Å². The van der Waals surface area contributed by atoms with Crippen LogP contribution in [0, 0.1) is 11.6 Å². The van der Waals surface area contributed by atoms with E-state index in [1.807, 2.05) is 12.1 Å². The Balaban J connectivity index is 1.34. The van der Waals surface area contributed by atoms with Crippen LogP contribution in [0.2, 0.25) is 0 Å². The van der Waals surface area contributed by atoms with E-state index in [2.05, 4.69) is 59.2 Å². The molecular weight excluding hydrogens is 594 g/mol. The molecule has 242 valence electrons. The highest BCUT2D eigenvalue weighted by molar-refractivity contribution is 5.95. The number of nitrogens with one attached hydrogen (secondary N) is 2. The number of benzene rings is 3. The topological polar surface area (TPSA) is 100 Å². The van der Waals surface area contributed by atoms with Crippen LogP contribution in [0.25, 0.3) is 0 Å². The number of carbonyl (C=O) groups is 3. The van der Waals surface area contributed by atoms with Gasteiger partial charge in [-0.2, -0.15) is 0 Å². The molecule has 0 bridgehead atoms. The molecule has 9 nitrogen and oxygen atoms in total. The van der Waals surface area contributed by atoms with Crippen molar-refractivity contribution in [1.29, 1.82) is 0 Å². The third-order valence-corrected chi connectivity index (χ3v) is 8.93. The van der Waals surface area contributed by atoms with Crippen LogP contribution in [0.3, 0.4) is 0 Å². The Hall–Kier alpha value is -4.61. The van der Waals surface area contributed by atoms with Gasteiger partial charge in [0.15, 0.2) is 11.6 Å². The number of urea groups is 1. The molecule has 0 spiro atoms. The number of carbonyl (C=O) groups excluding carboxylic acids is 3. The summed E-state index contributed by atoms with van der Waals surface area (Å²) in [5.41, 5.74) is 2.57. The van der Waals surface area contributed by atoms with Gasteiger partial charge >= 0.3 is 12.0 Å². The minimum absolute atomic E-state index is 0.0597. The second kappa shape index (κ2) is 14.7. The van der Waals surface area contributed by atoms with Gasteiger partial charge in [-0.05, 0) is 54.5 Å². The molecule has 0 aromatic heterocycles. The van der Waals surface area contributed by atoms with E-state index < -0.39 is 29.7 Å². The molecule has 1 aliphatic heterocycles. The van der Waals surface area contributed by atoms with E-state index in [0.29, 0.717) is 13.0 Å². The van der Waals surface area contributed by atoms with Crippen LogP contribution in [-0.4, -0.2) is 68.4 Å². The van der Waals surface area contributed by atoms with Gasteiger partial charge in [0.05, 0.1) is 31.5 Å². The number of nitrogens with zero attached hydrogens (tertiary/aromatic N) is 2. The molecule has 2 aliphatic rings. The highest BCUT2D eigenvalue weighted by Crippen LogP contribution is 2.45. The van der Waals surface area contributed by atoms with Gasteiger partial charge in [0.25, 0.3) is 0 Å². The number of rotatable bonds is 12. The highest BCUT2D eigenvalue weighted by Gasteiger charge is 2.43. The number of esters is 1. The molecular formula is C35H38F2N4O5. The Bertz CT molecular complexity index is 1520. The summed E-state index contributed by atoms with van der Waals surface area (Å²) in [4.78, 5) is 39.0. The van der Waals surface area contributed by atoms with Crippen molar-refractivity contribution in [3.63, 3.8) is 0 Å². The van der Waals surface area contributed by atoms with Crippen molar-refractivity contribution in [3.05, 3.63) is 118 Å². The molecule has 46 heavy (non-hydrogen) atoms. The van der Waals surface area contributed by atoms with E-state index in [9.17, 15) is 23.2 Å². The van der Waals surface area contributed by atoms with Crippen molar-refractivity contribution in [2.75, 3.05) is 33.9 Å². The second-order valence-corrected chi connectivity index (χ2v) is 11.5. The van der Waals surface area contributed by atoms with Crippen LogP contribution >= 0.6 is 0 Å². The molecule has 11 heteroatoms. The average Bonchev–Trinajstić information content (AvgIpc) is 3.09. The normalized spacial score (nSPS) is 18.2. The fourth-order valence-corrected chi connectivity index (χ4v) is 6.68. The van der Waals surface area contributed by atoms with Crippen molar-refractivity contribution in [1.82, 2.24) is 20.7 Å². The van der Waals surface area contributed by atoms with Crippen molar-refractivity contribution in [2.24, 2.45) is 0 Å². The predicted molar refractivity (Wildman–Crippen MR) is 167 cm³/mol. The molecule has 1 unspecified atom stereocenters. The van der Waals surface area contributed by atoms with E-state index in [4.69, 9.17) is 9.47 Å². The van der Waals surface area contributed by atoms with Gasteiger partial charge in [0, 0.05) is 25.1 Å². The van der Waals surface area contributed by atoms with E-state index >= 15 is 0 Å². The van der Waals surface area contributed by atoms with Gasteiger partial charge in [-0.3, -0.25) is 9.80 Å². The number of methoxy groups -OCH3 is 2. The van der Waals surface area contributed by atoms with Crippen molar-refractivity contribution >= 4 is 18.4 Å². The van der Waals surface area contributed by atoms with E-state index in [0.717, 1.165) is 47.8 Å². The Morgan fingerprint density at radius 2 is 1.63 bits per heavy atom. The maximum Gasteiger partial charge on any atom is 0.341 e. The third-order valence-electron chi connectivity index (χ3n) is 8.93. The summed E-state index contributed by atoms with van der Waals surface area (Å²) in [6, 6.07) is 22.3. The Morgan fingerprint density at radius 3 is 2.17 bits per heavy atom. The number of halogens is 2. The quantitative estimate of drug-likeness (QED) is 0.216. The largest absolute Gasteiger partial charge is 0.466 e. The van der Waals surface area contributed by atoms with Crippen molar-refractivity contribution in [2.45, 2.75) is 43.2 Å². The zero-order valence-corrected chi connectivity index (χ0v) is 25.9. The van der Waals surface area contributed by atoms with Gasteiger partial charge in [0.2, 0.25) is 6.41 Å². The molecule has 1 saturated carbocycles. The van der Waals surface area contributed by atoms with Crippen molar-refractivity contribution < 1.29 is 32.6 Å². The van der Waals surface area contributed by atoms with Gasteiger partial charge in [-0.25, -0.2) is 23.4 Å². The number of hydrogen-bond donors (Lipinski definition) is 2. The Morgan fingerprint density at radius 1 is 1.00 bits per heavy atom. The molecule has 3 aromatic carbocycles. The first-order valence-corrected chi connectivity index (χ1v) is 15.2. The third kappa shape index (κ3) is 6.66. The predicted octanol–water partition coefficient (Wildman–Crippen LogP) is 5.00. The molecule has 3 amide bonds. The van der Waals surface area contributed by atoms with Gasteiger partial charge < -0.3 is 20.1 Å². The lowest BCUT2D eigenvalue weighted by Gasteiger charge is -2.43. The lowest BCUT2D eigenvalue weighted by molar-refractivity contribution is -0.141. The molecule has 5 rings (SSSR count). The number of hydrogen-bond acceptors (Lipinski definition) is 6. The fourth-order valence-electron chi connectivity index (χ4n) is 6.68. The van der Waals surface area contributed by atoms with E-state index in [1.54, 1.807) is 0 Å². The number of amides is 3. The van der Waals surface area contributed by atoms with Crippen LogP contribution < -0.4 is 10.6 Å². The maximum atomic E-state index is 14.4. The molecule has 3 aromatic rings. The van der Waals surface area contributed by atoms with Crippen LogP contribution in [-0.2, 0) is 24.5 Å². The number of hydrazine groups is 1.